The molecular formula is C9H14NO3-. The Labute approximate surface area is 77.7 Å². The number of carboxylic acids is 1. The van der Waals surface area contributed by atoms with Crippen molar-refractivity contribution in [1.29, 1.82) is 0 Å². The van der Waals surface area contributed by atoms with E-state index in [-0.39, 0.29) is 17.9 Å². The average Bonchev–Trinajstić information content (AvgIpc) is 2.03. The summed E-state index contributed by atoms with van der Waals surface area (Å²) in [6.45, 7) is 6.45. The zero-order valence-electron chi connectivity index (χ0n) is 7.87. The number of aliphatic carboxylic acids is 1. The highest BCUT2D eigenvalue weighted by molar-refractivity contribution is 5.83. The molecule has 0 aliphatic carbocycles. The predicted molar refractivity (Wildman–Crippen MR) is 48.4 cm³/mol. The minimum absolute atomic E-state index is 0.278. The number of carbonyl (C=O) groups is 2. The molecule has 1 amide bonds. The second-order valence-electron chi connectivity index (χ2n) is 2.22. The lowest BCUT2D eigenvalue weighted by atomic mass is 10.3. The van der Waals surface area contributed by atoms with Crippen LogP contribution in [0.2, 0.25) is 0 Å². The van der Waals surface area contributed by atoms with Gasteiger partial charge in [-0.05, 0) is 19.4 Å². The summed E-state index contributed by atoms with van der Waals surface area (Å²) >= 11 is 0. The zero-order chi connectivity index (χ0) is 10.9. The SMILES string of the molecule is C/C=C(\C)C(=O)[O-].C=CCC(N)=O. The molecule has 74 valence electrons. The van der Waals surface area contributed by atoms with Crippen LogP contribution in [0.5, 0.6) is 0 Å². The van der Waals surface area contributed by atoms with Crippen molar-refractivity contribution in [2.24, 2.45) is 5.73 Å². The van der Waals surface area contributed by atoms with Gasteiger partial charge in [-0.25, -0.2) is 0 Å². The molecule has 0 bridgehead atoms. The Bertz CT molecular complexity index is 219. The van der Waals surface area contributed by atoms with E-state index in [1.54, 1.807) is 6.92 Å². The van der Waals surface area contributed by atoms with Gasteiger partial charge in [-0.15, -0.1) is 6.58 Å². The van der Waals surface area contributed by atoms with Gasteiger partial charge in [0.15, 0.2) is 0 Å². The lowest BCUT2D eigenvalue weighted by molar-refractivity contribution is -0.299. The first-order chi connectivity index (χ1) is 5.95. The number of rotatable bonds is 3. The lowest BCUT2D eigenvalue weighted by Gasteiger charge is -1.96. The van der Waals surface area contributed by atoms with E-state index in [2.05, 4.69) is 6.58 Å². The summed E-state index contributed by atoms with van der Waals surface area (Å²) in [7, 11) is 0. The van der Waals surface area contributed by atoms with E-state index in [1.807, 2.05) is 0 Å². The van der Waals surface area contributed by atoms with E-state index >= 15 is 0 Å². The number of allylic oxidation sites excluding steroid dienone is 1. The normalized spacial score (nSPS) is 9.54. The second-order valence-corrected chi connectivity index (χ2v) is 2.22. The van der Waals surface area contributed by atoms with E-state index in [9.17, 15) is 14.7 Å². The Morgan fingerprint density at radius 2 is 2.00 bits per heavy atom. The van der Waals surface area contributed by atoms with Crippen LogP contribution < -0.4 is 10.8 Å². The van der Waals surface area contributed by atoms with E-state index in [4.69, 9.17) is 5.73 Å². The highest BCUT2D eigenvalue weighted by Crippen LogP contribution is 1.85. The van der Waals surface area contributed by atoms with Crippen LogP contribution >= 0.6 is 0 Å². The predicted octanol–water partition coefficient (Wildman–Crippen LogP) is -0.250. The molecule has 0 atom stereocenters. The fourth-order valence-corrected chi connectivity index (χ4v) is 0.260. The monoisotopic (exact) mass is 184 g/mol. The van der Waals surface area contributed by atoms with E-state index in [0.29, 0.717) is 0 Å². The molecule has 4 nitrogen and oxygen atoms in total. The van der Waals surface area contributed by atoms with Gasteiger partial charge in [0.25, 0.3) is 0 Å². The van der Waals surface area contributed by atoms with Crippen molar-refractivity contribution >= 4 is 11.9 Å². The van der Waals surface area contributed by atoms with Gasteiger partial charge in [0.2, 0.25) is 5.91 Å². The van der Waals surface area contributed by atoms with Crippen LogP contribution in [-0.4, -0.2) is 11.9 Å². The van der Waals surface area contributed by atoms with Crippen LogP contribution in [0.4, 0.5) is 0 Å². The number of carbonyl (C=O) groups excluding carboxylic acids is 2. The Balaban J connectivity index is 0. The summed E-state index contributed by atoms with van der Waals surface area (Å²) in [5, 5.41) is 9.75. The number of hydrogen-bond acceptors (Lipinski definition) is 3. The maximum Gasteiger partial charge on any atom is 0.221 e. The minimum Gasteiger partial charge on any atom is -0.545 e. The number of primary amides is 1. The molecule has 0 saturated carbocycles. The van der Waals surface area contributed by atoms with Crippen molar-refractivity contribution in [2.45, 2.75) is 20.3 Å². The van der Waals surface area contributed by atoms with Crippen molar-refractivity contribution in [3.8, 4) is 0 Å². The topological polar surface area (TPSA) is 83.2 Å². The first-order valence-corrected chi connectivity index (χ1v) is 3.69. The third-order valence-corrected chi connectivity index (χ3v) is 1.10. The molecule has 13 heavy (non-hydrogen) atoms. The van der Waals surface area contributed by atoms with E-state index < -0.39 is 5.97 Å². The number of carboxylic acid groups (broad SMARTS) is 1. The highest BCUT2D eigenvalue weighted by atomic mass is 16.4. The number of nitrogens with two attached hydrogens (primary N) is 1. The summed E-state index contributed by atoms with van der Waals surface area (Å²) < 4.78 is 0. The Morgan fingerprint density at radius 3 is 2.00 bits per heavy atom. The summed E-state index contributed by atoms with van der Waals surface area (Å²) in [6, 6.07) is 0. The van der Waals surface area contributed by atoms with Crippen LogP contribution in [0.25, 0.3) is 0 Å². The standard InChI is InChI=1S/C5H8O2.C4H7NO/c1-3-4(2)5(6)7;1-2-3-4(5)6/h3H,1-2H3,(H,6,7);2H,1,3H2,(H2,5,6)/p-1/b4-3+;. The molecule has 4 heteroatoms. The van der Waals surface area contributed by atoms with Crippen LogP contribution in [-0.2, 0) is 9.59 Å². The van der Waals surface area contributed by atoms with Crippen LogP contribution in [0, 0.1) is 0 Å². The molecular weight excluding hydrogens is 170 g/mol. The van der Waals surface area contributed by atoms with E-state index in [1.165, 1.54) is 19.1 Å². The van der Waals surface area contributed by atoms with Crippen LogP contribution in [0.15, 0.2) is 24.3 Å². The minimum atomic E-state index is -1.09. The smallest absolute Gasteiger partial charge is 0.221 e. The van der Waals surface area contributed by atoms with Crippen molar-refractivity contribution in [1.82, 2.24) is 0 Å². The molecule has 0 radical (unpaired) electrons. The third kappa shape index (κ3) is 13.4. The molecule has 0 aliphatic rings. The molecule has 0 aromatic rings. The van der Waals surface area contributed by atoms with Crippen LogP contribution in [0.1, 0.15) is 20.3 Å². The molecule has 0 fully saturated rings. The Morgan fingerprint density at radius 1 is 1.54 bits per heavy atom. The van der Waals surface area contributed by atoms with Gasteiger partial charge in [0.05, 0.1) is 5.97 Å². The number of hydrogen-bond donors (Lipinski definition) is 1. The third-order valence-electron chi connectivity index (χ3n) is 1.10. The highest BCUT2D eigenvalue weighted by Gasteiger charge is 1.81. The van der Waals surface area contributed by atoms with Gasteiger partial charge in [0.1, 0.15) is 0 Å². The molecule has 0 saturated heterocycles. The van der Waals surface area contributed by atoms with Crippen molar-refractivity contribution in [2.75, 3.05) is 0 Å². The van der Waals surface area contributed by atoms with Gasteiger partial charge >= 0.3 is 0 Å². The quantitative estimate of drug-likeness (QED) is 0.485. The van der Waals surface area contributed by atoms with Crippen molar-refractivity contribution in [3.05, 3.63) is 24.3 Å². The average molecular weight is 184 g/mol. The summed E-state index contributed by atoms with van der Waals surface area (Å²) in [5.74, 6) is -1.42. The Kier molecular flexibility index (Phi) is 9.15. The van der Waals surface area contributed by atoms with Gasteiger partial charge < -0.3 is 15.6 Å². The maximum atomic E-state index is 9.75. The molecule has 0 spiro atoms. The summed E-state index contributed by atoms with van der Waals surface area (Å²) in [6.07, 6.45) is 3.25. The molecule has 0 unspecified atom stereocenters. The van der Waals surface area contributed by atoms with Gasteiger partial charge in [-0.2, -0.15) is 0 Å². The second kappa shape index (κ2) is 8.52. The van der Waals surface area contributed by atoms with Crippen molar-refractivity contribution < 1.29 is 14.7 Å². The Hall–Kier alpha value is -1.58. The fourth-order valence-electron chi connectivity index (χ4n) is 0.260. The molecule has 0 aromatic carbocycles. The van der Waals surface area contributed by atoms with Gasteiger partial charge in [-0.3, -0.25) is 4.79 Å². The molecule has 0 heterocycles. The molecule has 0 rings (SSSR count). The zero-order valence-corrected chi connectivity index (χ0v) is 7.87. The fraction of sp³-hybridized carbons (Fsp3) is 0.333. The summed E-state index contributed by atoms with van der Waals surface area (Å²) in [5.41, 5.74) is 4.97. The lowest BCUT2D eigenvalue weighted by Crippen LogP contribution is -2.22. The van der Waals surface area contributed by atoms with Gasteiger partial charge in [-0.1, -0.05) is 12.2 Å². The molecule has 2 N–H and O–H groups in total. The largest absolute Gasteiger partial charge is 0.545 e. The van der Waals surface area contributed by atoms with Gasteiger partial charge in [0, 0.05) is 6.42 Å². The van der Waals surface area contributed by atoms with Crippen molar-refractivity contribution in [3.63, 3.8) is 0 Å². The molecule has 0 aromatic heterocycles. The summed E-state index contributed by atoms with van der Waals surface area (Å²) in [4.78, 5) is 19.5. The first kappa shape index (κ1) is 14.0. The van der Waals surface area contributed by atoms with Crippen LogP contribution in [0.3, 0.4) is 0 Å². The van der Waals surface area contributed by atoms with E-state index in [0.717, 1.165) is 0 Å². The molecule has 0 aliphatic heterocycles. The maximum absolute atomic E-state index is 9.75. The first-order valence-electron chi connectivity index (χ1n) is 3.69. The number of amides is 1.